The Morgan fingerprint density at radius 1 is 1.60 bits per heavy atom. The molecule has 1 amide bonds. The van der Waals surface area contributed by atoms with E-state index in [1.54, 1.807) is 0 Å². The first-order chi connectivity index (χ1) is 7.04. The largest absolute Gasteiger partial charge is 0.481 e. The van der Waals surface area contributed by atoms with Crippen molar-refractivity contribution in [3.8, 4) is 0 Å². The molecule has 1 rings (SSSR count). The SMILES string of the molecule is O=C(O)Cc1csc(=NC(=O)CCl)n1O. The standard InChI is InChI=1S/C7H7ClN2O4S/c8-2-5(11)9-7-10(14)4(3-15-7)1-6(12)13/h3,14H,1-2H2,(H,12,13). The molecule has 0 aliphatic heterocycles. The lowest BCUT2D eigenvalue weighted by Crippen LogP contribution is -2.18. The molecule has 1 aromatic rings. The first-order valence-corrected chi connectivity index (χ1v) is 5.20. The number of carboxylic acid groups (broad SMARTS) is 1. The number of aliphatic carboxylic acids is 1. The van der Waals surface area contributed by atoms with Crippen LogP contribution in [0.25, 0.3) is 0 Å². The van der Waals surface area contributed by atoms with Crippen molar-refractivity contribution in [2.45, 2.75) is 6.42 Å². The highest BCUT2D eigenvalue weighted by Crippen LogP contribution is 2.00. The van der Waals surface area contributed by atoms with Crippen LogP contribution in [0, 0.1) is 0 Å². The Kier molecular flexibility index (Phi) is 3.87. The van der Waals surface area contributed by atoms with Crippen LogP contribution in [0.1, 0.15) is 5.69 Å². The number of hydrogen-bond donors (Lipinski definition) is 2. The van der Waals surface area contributed by atoms with E-state index in [-0.39, 0.29) is 22.8 Å². The van der Waals surface area contributed by atoms with Gasteiger partial charge in [0.15, 0.2) is 0 Å². The molecule has 0 radical (unpaired) electrons. The van der Waals surface area contributed by atoms with Crippen LogP contribution in [0.2, 0.25) is 0 Å². The summed E-state index contributed by atoms with van der Waals surface area (Å²) in [4.78, 5) is 24.7. The molecule has 0 spiro atoms. The van der Waals surface area contributed by atoms with Gasteiger partial charge in [0.1, 0.15) is 5.88 Å². The number of thiazole rings is 1. The highest BCUT2D eigenvalue weighted by atomic mass is 35.5. The summed E-state index contributed by atoms with van der Waals surface area (Å²) in [5, 5.41) is 19.3. The molecule has 0 atom stereocenters. The third-order valence-corrected chi connectivity index (χ3v) is 2.51. The van der Waals surface area contributed by atoms with Gasteiger partial charge < -0.3 is 10.3 Å². The molecule has 0 aromatic carbocycles. The molecule has 0 saturated carbocycles. The number of amides is 1. The Morgan fingerprint density at radius 3 is 2.80 bits per heavy atom. The number of hydrogen-bond acceptors (Lipinski definition) is 4. The van der Waals surface area contributed by atoms with Crippen LogP contribution in [-0.4, -0.2) is 32.8 Å². The van der Waals surface area contributed by atoms with Gasteiger partial charge in [-0.2, -0.15) is 9.72 Å². The van der Waals surface area contributed by atoms with Gasteiger partial charge in [-0.15, -0.1) is 22.9 Å². The molecule has 1 aromatic heterocycles. The third kappa shape index (κ3) is 3.07. The quantitative estimate of drug-likeness (QED) is 0.587. The van der Waals surface area contributed by atoms with Crippen molar-refractivity contribution in [1.29, 1.82) is 0 Å². The van der Waals surface area contributed by atoms with E-state index in [1.807, 2.05) is 0 Å². The molecule has 15 heavy (non-hydrogen) atoms. The highest BCUT2D eigenvalue weighted by Gasteiger charge is 2.08. The number of carbonyl (C=O) groups is 2. The van der Waals surface area contributed by atoms with Gasteiger partial charge in [-0.05, 0) is 0 Å². The van der Waals surface area contributed by atoms with Crippen LogP contribution >= 0.6 is 22.9 Å². The molecule has 6 nitrogen and oxygen atoms in total. The van der Waals surface area contributed by atoms with E-state index in [0.717, 1.165) is 11.3 Å². The van der Waals surface area contributed by atoms with Crippen molar-refractivity contribution >= 4 is 34.8 Å². The van der Waals surface area contributed by atoms with Gasteiger partial charge in [-0.1, -0.05) is 0 Å². The summed E-state index contributed by atoms with van der Waals surface area (Å²) < 4.78 is 0.573. The van der Waals surface area contributed by atoms with Gasteiger partial charge in [-0.3, -0.25) is 9.59 Å². The van der Waals surface area contributed by atoms with E-state index >= 15 is 0 Å². The summed E-state index contributed by atoms with van der Waals surface area (Å²) in [5.74, 6) is -1.96. The lowest BCUT2D eigenvalue weighted by molar-refractivity contribution is -0.136. The van der Waals surface area contributed by atoms with E-state index in [2.05, 4.69) is 4.99 Å². The molecule has 0 unspecified atom stereocenters. The summed E-state index contributed by atoms with van der Waals surface area (Å²) in [7, 11) is 0. The molecule has 82 valence electrons. The molecule has 8 heteroatoms. The number of halogens is 1. The average Bonchev–Trinajstić information content (AvgIpc) is 2.49. The normalized spacial score (nSPS) is 11.7. The van der Waals surface area contributed by atoms with Crippen LogP contribution in [0.15, 0.2) is 10.4 Å². The van der Waals surface area contributed by atoms with E-state index in [9.17, 15) is 14.8 Å². The van der Waals surface area contributed by atoms with Crippen molar-refractivity contribution in [3.63, 3.8) is 0 Å². The zero-order valence-electron chi connectivity index (χ0n) is 7.38. The smallest absolute Gasteiger partial charge is 0.309 e. The first kappa shape index (κ1) is 11.7. The molecule has 2 N–H and O–H groups in total. The van der Waals surface area contributed by atoms with Gasteiger partial charge in [0.2, 0.25) is 4.80 Å². The lowest BCUT2D eigenvalue weighted by Gasteiger charge is -1.95. The van der Waals surface area contributed by atoms with Crippen molar-refractivity contribution in [2.75, 3.05) is 5.88 Å². The summed E-state index contributed by atoms with van der Waals surface area (Å²) in [6.07, 6.45) is -0.336. The fraction of sp³-hybridized carbons (Fsp3) is 0.286. The summed E-state index contributed by atoms with van der Waals surface area (Å²) >= 11 is 6.19. The van der Waals surface area contributed by atoms with Crippen LogP contribution in [0.4, 0.5) is 0 Å². The van der Waals surface area contributed by atoms with Crippen LogP contribution in [-0.2, 0) is 16.0 Å². The Balaban J connectivity index is 3.03. The summed E-state index contributed by atoms with van der Waals surface area (Å²) in [6.45, 7) is 0. The monoisotopic (exact) mass is 250 g/mol. The number of rotatable bonds is 3. The van der Waals surface area contributed by atoms with Gasteiger partial charge in [0.05, 0.1) is 12.1 Å². The van der Waals surface area contributed by atoms with E-state index in [4.69, 9.17) is 16.7 Å². The second-order valence-corrected chi connectivity index (χ2v) is 3.63. The van der Waals surface area contributed by atoms with Crippen molar-refractivity contribution in [1.82, 2.24) is 4.73 Å². The lowest BCUT2D eigenvalue weighted by atomic mass is 10.3. The number of nitrogens with zero attached hydrogens (tertiary/aromatic N) is 2. The van der Waals surface area contributed by atoms with Gasteiger partial charge >= 0.3 is 5.97 Å². The third-order valence-electron chi connectivity index (χ3n) is 1.42. The van der Waals surface area contributed by atoms with E-state index < -0.39 is 11.9 Å². The molecule has 0 bridgehead atoms. The first-order valence-electron chi connectivity index (χ1n) is 3.78. The zero-order valence-corrected chi connectivity index (χ0v) is 8.96. The molecule has 0 aliphatic rings. The topological polar surface area (TPSA) is 91.9 Å². The molecule has 0 saturated heterocycles. The Hall–Kier alpha value is -1.34. The molecular formula is C7H7ClN2O4S. The maximum Gasteiger partial charge on any atom is 0.309 e. The fourth-order valence-corrected chi connectivity index (χ4v) is 1.68. The van der Waals surface area contributed by atoms with Crippen LogP contribution < -0.4 is 4.80 Å². The fourth-order valence-electron chi connectivity index (χ4n) is 0.825. The zero-order chi connectivity index (χ0) is 11.4. The minimum atomic E-state index is -1.08. The maximum atomic E-state index is 10.8. The highest BCUT2D eigenvalue weighted by molar-refractivity contribution is 7.07. The maximum absolute atomic E-state index is 10.8. The van der Waals surface area contributed by atoms with Crippen molar-refractivity contribution in [2.24, 2.45) is 4.99 Å². The summed E-state index contributed by atoms with van der Waals surface area (Å²) in [6, 6.07) is 0. The molecule has 1 heterocycles. The minimum absolute atomic E-state index is 0.0110. The van der Waals surface area contributed by atoms with Crippen molar-refractivity contribution < 1.29 is 19.9 Å². The number of alkyl halides is 1. The predicted molar refractivity (Wildman–Crippen MR) is 52.1 cm³/mol. The average molecular weight is 251 g/mol. The predicted octanol–water partition coefficient (Wildman–Crippen LogP) is 0.0801. The number of carbonyl (C=O) groups excluding carboxylic acids is 1. The van der Waals surface area contributed by atoms with Gasteiger partial charge in [-0.25, -0.2) is 0 Å². The van der Waals surface area contributed by atoms with Crippen LogP contribution in [0.3, 0.4) is 0 Å². The number of aromatic nitrogens is 1. The minimum Gasteiger partial charge on any atom is -0.481 e. The van der Waals surface area contributed by atoms with Gasteiger partial charge in [0.25, 0.3) is 5.91 Å². The molecule has 0 aliphatic carbocycles. The van der Waals surface area contributed by atoms with Gasteiger partial charge in [0, 0.05) is 5.38 Å². The molecule has 0 fully saturated rings. The Bertz CT molecular complexity index is 450. The molecular weight excluding hydrogens is 244 g/mol. The van der Waals surface area contributed by atoms with Crippen molar-refractivity contribution in [3.05, 3.63) is 15.9 Å². The van der Waals surface area contributed by atoms with E-state index in [1.165, 1.54) is 5.38 Å². The second kappa shape index (κ2) is 4.94. The van der Waals surface area contributed by atoms with E-state index in [0.29, 0.717) is 4.73 Å². The van der Waals surface area contributed by atoms with Crippen LogP contribution in [0.5, 0.6) is 0 Å². The number of carboxylic acids is 1. The Labute approximate surface area is 93.0 Å². The Morgan fingerprint density at radius 2 is 2.27 bits per heavy atom. The second-order valence-electron chi connectivity index (χ2n) is 2.53. The summed E-state index contributed by atoms with van der Waals surface area (Å²) in [5.41, 5.74) is 0.161.